The molecule has 0 saturated carbocycles. The van der Waals surface area contributed by atoms with Gasteiger partial charge in [-0.3, -0.25) is 28.8 Å². The molecule has 6 amide bonds. The number of hydrogen-bond acceptors (Lipinski definition) is 15. The number of benzene rings is 3. The topological polar surface area (TPSA) is 264 Å². The average molecular weight is 1050 g/mol. The number of aromatic nitrogens is 2. The molecule has 4 atom stereocenters. The number of amides is 6. The van der Waals surface area contributed by atoms with Gasteiger partial charge in [0.25, 0.3) is 17.7 Å². The second-order valence-corrected chi connectivity index (χ2v) is 20.6. The highest BCUT2D eigenvalue weighted by atomic mass is 32.1. The third-order valence-electron chi connectivity index (χ3n) is 12.9. The van der Waals surface area contributed by atoms with E-state index in [1.54, 1.807) is 49.1 Å². The van der Waals surface area contributed by atoms with E-state index in [1.807, 2.05) is 58.0 Å². The van der Waals surface area contributed by atoms with Crippen molar-refractivity contribution in [3.8, 4) is 27.5 Å². The maximum absolute atomic E-state index is 14.0. The highest BCUT2D eigenvalue weighted by Gasteiger charge is 2.44. The highest BCUT2D eigenvalue weighted by molar-refractivity contribution is 7.13. The second kappa shape index (κ2) is 25.5. The van der Waals surface area contributed by atoms with Crippen molar-refractivity contribution in [1.82, 2.24) is 41.2 Å². The van der Waals surface area contributed by atoms with Crippen LogP contribution in [0.3, 0.4) is 0 Å². The van der Waals surface area contributed by atoms with Crippen LogP contribution in [-0.2, 0) is 41.6 Å². The SMILES string of the molecule is Cc1ncsc1-c1ccc(CNC(=O)[C@@H]2C[C@@H](O)CN2C(=O)[C@@H](NC(=O)CCOCCOCCOCCNC(=O)c2ccc3c(c2)[C@H](NC(=O)c2cc(-c4ccc(C(=O)N(C)C)c(O)c4)on2)CC3)C(C)(C)C)cc1. The quantitative estimate of drug-likeness (QED) is 0.0490. The van der Waals surface area contributed by atoms with Gasteiger partial charge in [-0.15, -0.1) is 11.3 Å². The van der Waals surface area contributed by atoms with Crippen LogP contribution >= 0.6 is 11.3 Å². The van der Waals surface area contributed by atoms with Crippen molar-refractivity contribution in [2.75, 3.05) is 66.8 Å². The van der Waals surface area contributed by atoms with E-state index >= 15 is 0 Å². The third kappa shape index (κ3) is 14.6. The summed E-state index contributed by atoms with van der Waals surface area (Å²) in [6.07, 6.45) is 0.548. The Bertz CT molecular complexity index is 2820. The molecule has 7 rings (SSSR count). The first-order chi connectivity index (χ1) is 35.9. The van der Waals surface area contributed by atoms with Gasteiger partial charge in [0.05, 0.1) is 73.4 Å². The summed E-state index contributed by atoms with van der Waals surface area (Å²) in [5, 5.41) is 36.5. The fraction of sp³-hybridized carbons (Fsp3) is 0.444. The molecule has 6 N–H and O–H groups in total. The van der Waals surface area contributed by atoms with E-state index < -0.39 is 41.3 Å². The van der Waals surface area contributed by atoms with Gasteiger partial charge in [-0.25, -0.2) is 4.98 Å². The van der Waals surface area contributed by atoms with E-state index in [2.05, 4.69) is 31.4 Å². The molecule has 21 heteroatoms. The summed E-state index contributed by atoms with van der Waals surface area (Å²) in [7, 11) is 3.17. The molecule has 0 radical (unpaired) electrons. The predicted molar refractivity (Wildman–Crippen MR) is 278 cm³/mol. The molecule has 75 heavy (non-hydrogen) atoms. The Balaban J connectivity index is 0.751. The number of aliphatic hydroxyl groups excluding tert-OH is 1. The molecule has 1 saturated heterocycles. The van der Waals surface area contributed by atoms with Gasteiger partial charge >= 0.3 is 0 Å². The molecule has 0 unspecified atom stereocenters. The summed E-state index contributed by atoms with van der Waals surface area (Å²) in [6.45, 7) is 9.28. The molecular formula is C54H66N8O12S. The number of carbonyl (C=O) groups excluding carboxylic acids is 6. The fourth-order valence-electron chi connectivity index (χ4n) is 8.81. The molecule has 1 fully saturated rings. The number of nitrogens with zero attached hydrogens (tertiary/aromatic N) is 4. The fourth-order valence-corrected chi connectivity index (χ4v) is 9.62. The number of fused-ring (bicyclic) bond motifs is 1. The molecule has 0 bridgehead atoms. The molecule has 3 aromatic carbocycles. The molecule has 2 aliphatic rings. The van der Waals surface area contributed by atoms with E-state index in [9.17, 15) is 39.0 Å². The molecular weight excluding hydrogens is 985 g/mol. The van der Waals surface area contributed by atoms with Gasteiger partial charge in [0.15, 0.2) is 11.5 Å². The van der Waals surface area contributed by atoms with Gasteiger partial charge < -0.3 is 60.0 Å². The van der Waals surface area contributed by atoms with Gasteiger partial charge in [-0.2, -0.15) is 0 Å². The first-order valence-corrected chi connectivity index (χ1v) is 25.8. The minimum atomic E-state index is -0.958. The van der Waals surface area contributed by atoms with Crippen LogP contribution in [0.15, 0.2) is 76.8 Å². The van der Waals surface area contributed by atoms with Crippen LogP contribution in [-0.4, -0.2) is 151 Å². The zero-order valence-electron chi connectivity index (χ0n) is 43.1. The maximum atomic E-state index is 14.0. The molecule has 1 aliphatic heterocycles. The smallest absolute Gasteiger partial charge is 0.273 e. The number of rotatable bonds is 23. The Hall–Kier alpha value is -7.04. The first kappa shape index (κ1) is 55.7. The highest BCUT2D eigenvalue weighted by Crippen LogP contribution is 2.34. The summed E-state index contributed by atoms with van der Waals surface area (Å²) in [5.41, 5.74) is 6.88. The van der Waals surface area contributed by atoms with Crippen molar-refractivity contribution >= 4 is 46.8 Å². The number of phenolic OH excluding ortho intramolecular Hbond substituents is 1. The van der Waals surface area contributed by atoms with Crippen molar-refractivity contribution in [3.05, 3.63) is 111 Å². The summed E-state index contributed by atoms with van der Waals surface area (Å²) >= 11 is 1.56. The van der Waals surface area contributed by atoms with Gasteiger partial charge in [0, 0.05) is 63.8 Å². The molecule has 3 heterocycles. The normalized spacial score (nSPS) is 16.5. The Morgan fingerprint density at radius 2 is 1.59 bits per heavy atom. The summed E-state index contributed by atoms with van der Waals surface area (Å²) in [6, 6.07) is 16.9. The standard InChI is InChI=1S/C54H66N8O12S/c1-32-47(75-31-57-32)35-9-7-33(8-10-35)29-56-51(68)43-27-38(63)30-62(43)53(70)48(54(2,3)4)59-46(65)17-19-71-21-23-73-24-22-72-20-18-55-49(66)37-12-11-34-14-16-41(40(34)25-37)58-50(67)42-28-45(74-60-42)36-13-15-39(44(64)26-36)52(69)61(5)6/h7-13,15,25-26,28,31,38,41,43,48,63-64H,14,16-24,27,29-30H2,1-6H3,(H,55,66)(H,56,68)(H,58,67)(H,59,65)/t38-,41-,43+,48-/m1/s1. The van der Waals surface area contributed by atoms with Gasteiger partial charge in [-0.05, 0) is 71.7 Å². The number of carbonyl (C=O) groups is 6. The minimum Gasteiger partial charge on any atom is -0.507 e. The van der Waals surface area contributed by atoms with Gasteiger partial charge in [0.2, 0.25) is 17.7 Å². The lowest BCUT2D eigenvalue weighted by atomic mass is 9.85. The monoisotopic (exact) mass is 1050 g/mol. The number of aromatic hydroxyl groups is 1. The number of ether oxygens (including phenoxy) is 3. The lowest BCUT2D eigenvalue weighted by Crippen LogP contribution is -2.57. The minimum absolute atomic E-state index is 0.00949. The van der Waals surface area contributed by atoms with Crippen LogP contribution in [0.25, 0.3) is 21.8 Å². The average Bonchev–Trinajstić information content (AvgIpc) is 4.22. The number of hydrogen-bond donors (Lipinski definition) is 6. The van der Waals surface area contributed by atoms with E-state index in [4.69, 9.17) is 18.7 Å². The van der Waals surface area contributed by atoms with E-state index in [0.717, 1.165) is 39.2 Å². The zero-order valence-corrected chi connectivity index (χ0v) is 43.9. The van der Waals surface area contributed by atoms with Crippen LogP contribution in [0, 0.1) is 12.3 Å². The van der Waals surface area contributed by atoms with Crippen molar-refractivity contribution in [3.63, 3.8) is 0 Å². The Morgan fingerprint density at radius 1 is 0.880 bits per heavy atom. The Morgan fingerprint density at radius 3 is 2.27 bits per heavy atom. The lowest BCUT2D eigenvalue weighted by Gasteiger charge is -2.35. The van der Waals surface area contributed by atoms with Crippen molar-refractivity contribution in [2.45, 2.75) is 84.2 Å². The molecule has 20 nitrogen and oxygen atoms in total. The van der Waals surface area contributed by atoms with Crippen LogP contribution < -0.4 is 21.3 Å². The van der Waals surface area contributed by atoms with E-state index in [0.29, 0.717) is 17.5 Å². The number of thiazole rings is 1. The predicted octanol–water partition coefficient (Wildman–Crippen LogP) is 4.58. The molecule has 0 spiro atoms. The van der Waals surface area contributed by atoms with Crippen molar-refractivity contribution < 1.29 is 57.7 Å². The van der Waals surface area contributed by atoms with Gasteiger partial charge in [-0.1, -0.05) is 62.3 Å². The number of β-amino-alcohol motifs (C(OH)–C–C–N with tert-alkyl or cyclic N) is 1. The maximum Gasteiger partial charge on any atom is 0.273 e. The first-order valence-electron chi connectivity index (χ1n) is 24.9. The summed E-state index contributed by atoms with van der Waals surface area (Å²) in [4.78, 5) is 87.1. The molecule has 1 aliphatic carbocycles. The van der Waals surface area contributed by atoms with Crippen molar-refractivity contribution in [1.29, 1.82) is 0 Å². The lowest BCUT2D eigenvalue weighted by molar-refractivity contribution is -0.144. The number of phenols is 1. The van der Waals surface area contributed by atoms with Crippen LogP contribution in [0.2, 0.25) is 0 Å². The third-order valence-corrected chi connectivity index (χ3v) is 13.9. The molecule has 2 aromatic heterocycles. The van der Waals surface area contributed by atoms with E-state index in [1.165, 1.54) is 28.0 Å². The Labute approximate surface area is 439 Å². The summed E-state index contributed by atoms with van der Waals surface area (Å²) < 4.78 is 22.2. The largest absolute Gasteiger partial charge is 0.507 e. The number of likely N-dealkylation sites (tertiary alicyclic amines) is 1. The molecule has 5 aromatic rings. The van der Waals surface area contributed by atoms with Crippen LogP contribution in [0.1, 0.15) is 99.7 Å². The van der Waals surface area contributed by atoms with Crippen molar-refractivity contribution in [2.24, 2.45) is 5.41 Å². The second-order valence-electron chi connectivity index (χ2n) is 19.8. The zero-order chi connectivity index (χ0) is 53.8. The Kier molecular flexibility index (Phi) is 18.9. The van der Waals surface area contributed by atoms with Crippen LogP contribution in [0.5, 0.6) is 5.75 Å². The van der Waals surface area contributed by atoms with E-state index in [-0.39, 0.29) is 119 Å². The summed E-state index contributed by atoms with van der Waals surface area (Å²) in [5.74, 6) is -2.32. The number of aryl methyl sites for hydroxylation is 2. The van der Waals surface area contributed by atoms with Gasteiger partial charge in [0.1, 0.15) is 17.8 Å². The van der Waals surface area contributed by atoms with Crippen LogP contribution in [0.4, 0.5) is 0 Å². The number of nitrogens with one attached hydrogen (secondary N) is 4. The molecule has 400 valence electrons. The number of aliphatic hydroxyl groups is 1.